The molecule has 0 radical (unpaired) electrons. The molecule has 1 aromatic carbocycles. The molecule has 0 spiro atoms. The van der Waals surface area contributed by atoms with Gasteiger partial charge in [0.15, 0.2) is 0 Å². The first kappa shape index (κ1) is 11.1. The molecule has 0 saturated heterocycles. The van der Waals surface area contributed by atoms with E-state index in [1.165, 1.54) is 27.7 Å². The van der Waals surface area contributed by atoms with Gasteiger partial charge in [-0.05, 0) is 34.3 Å². The molecule has 0 heterocycles. The summed E-state index contributed by atoms with van der Waals surface area (Å²) in [4.78, 5) is 0. The molecular weight excluding hydrogens is 215 g/mol. The van der Waals surface area contributed by atoms with Gasteiger partial charge in [-0.15, -0.1) is 0 Å². The van der Waals surface area contributed by atoms with Gasteiger partial charge < -0.3 is 0 Å². The van der Waals surface area contributed by atoms with Gasteiger partial charge in [-0.25, -0.2) is 0 Å². The number of hydrogen-bond acceptors (Lipinski definition) is 0. The van der Waals surface area contributed by atoms with Crippen LogP contribution in [0, 0.1) is 0 Å². The van der Waals surface area contributed by atoms with E-state index in [1.54, 1.807) is 0 Å². The molecule has 2 aliphatic rings. The zero-order valence-electron chi connectivity index (χ0n) is 10.6. The van der Waals surface area contributed by atoms with Gasteiger partial charge in [0.25, 0.3) is 0 Å². The summed E-state index contributed by atoms with van der Waals surface area (Å²) >= 11 is 0. The summed E-state index contributed by atoms with van der Waals surface area (Å²) in [5.41, 5.74) is 7.91. The number of fused-ring (bicyclic) bond motifs is 5. The summed E-state index contributed by atoms with van der Waals surface area (Å²) in [7, 11) is 2.15. The van der Waals surface area contributed by atoms with Crippen LogP contribution >= 0.6 is 0 Å². The molecule has 0 N–H and O–H groups in total. The summed E-state index contributed by atoms with van der Waals surface area (Å²) in [6.07, 6.45) is 13.7. The molecule has 0 aliphatic heterocycles. The van der Waals surface area contributed by atoms with Crippen LogP contribution in [0.15, 0.2) is 66.8 Å². The third-order valence-electron chi connectivity index (χ3n) is 3.46. The molecule has 1 aromatic rings. The maximum atomic E-state index is 3.99. The third-order valence-corrected chi connectivity index (χ3v) is 3.46. The van der Waals surface area contributed by atoms with Gasteiger partial charge in [0, 0.05) is 0 Å². The number of benzene rings is 1. The molecule has 0 fully saturated rings. The summed E-state index contributed by atoms with van der Waals surface area (Å²) in [5.74, 6) is 0. The zero-order chi connectivity index (χ0) is 12.5. The lowest BCUT2D eigenvalue weighted by atomic mass is 9.91. The fraction of sp³-hybridized carbons (Fsp3) is 0.0588. The minimum absolute atomic E-state index is 1.03. The smallest absolute Gasteiger partial charge is 0.0918 e. The topological polar surface area (TPSA) is 0 Å². The van der Waals surface area contributed by atoms with Crippen molar-refractivity contribution in [2.75, 3.05) is 0 Å². The van der Waals surface area contributed by atoms with Crippen LogP contribution in [0.4, 0.5) is 0 Å². The molecule has 2 aliphatic carbocycles. The van der Waals surface area contributed by atoms with Crippen LogP contribution in [0.3, 0.4) is 0 Å². The van der Waals surface area contributed by atoms with Crippen LogP contribution in [0.2, 0.25) is 0 Å². The maximum absolute atomic E-state index is 3.99. The molecule has 0 unspecified atom stereocenters. The SMILES string of the molecule is Bc1ccc2c(c1)/C1=C/C=C\C(=C)/C=C\C=C\2C1. The van der Waals surface area contributed by atoms with E-state index in [-0.39, 0.29) is 0 Å². The maximum Gasteiger partial charge on any atom is 0.139 e. The van der Waals surface area contributed by atoms with Crippen molar-refractivity contribution in [3.8, 4) is 0 Å². The predicted molar refractivity (Wildman–Crippen MR) is 82.6 cm³/mol. The molecule has 0 amide bonds. The Morgan fingerprint density at radius 3 is 2.33 bits per heavy atom. The lowest BCUT2D eigenvalue weighted by molar-refractivity contribution is 1.51. The quantitative estimate of drug-likeness (QED) is 0.601. The molecule has 0 aromatic heterocycles. The molecule has 1 heteroatoms. The molecule has 86 valence electrons. The first-order valence-electron chi connectivity index (χ1n) is 6.29. The molecule has 3 rings (SSSR count). The predicted octanol–water partition coefficient (Wildman–Crippen LogP) is 2.80. The molecule has 0 atom stereocenters. The van der Waals surface area contributed by atoms with Crippen LogP contribution in [0.5, 0.6) is 0 Å². The van der Waals surface area contributed by atoms with E-state index in [2.05, 4.69) is 69.1 Å². The van der Waals surface area contributed by atoms with Crippen LogP contribution in [-0.4, -0.2) is 7.85 Å². The van der Waals surface area contributed by atoms with E-state index < -0.39 is 0 Å². The van der Waals surface area contributed by atoms with E-state index in [4.69, 9.17) is 0 Å². The van der Waals surface area contributed by atoms with Gasteiger partial charge in [0.2, 0.25) is 0 Å². The highest BCUT2D eigenvalue weighted by molar-refractivity contribution is 6.32. The minimum atomic E-state index is 1.03. The number of allylic oxidation sites excluding steroid dienone is 9. The zero-order valence-corrected chi connectivity index (χ0v) is 10.6. The Bertz CT molecular complexity index is 640. The van der Waals surface area contributed by atoms with E-state index in [0.29, 0.717) is 0 Å². The largest absolute Gasteiger partial charge is 0.139 e. The number of rotatable bonds is 0. The Hall–Kier alpha value is -2.02. The average molecular weight is 230 g/mol. The van der Waals surface area contributed by atoms with Crippen molar-refractivity contribution in [2.45, 2.75) is 6.42 Å². The Morgan fingerprint density at radius 1 is 0.944 bits per heavy atom. The lowest BCUT2D eigenvalue weighted by Gasteiger charge is -2.01. The van der Waals surface area contributed by atoms with E-state index >= 15 is 0 Å². The molecule has 0 saturated carbocycles. The molecule has 18 heavy (non-hydrogen) atoms. The normalized spacial score (nSPS) is 26.6. The second-order valence-electron chi connectivity index (χ2n) is 4.90. The van der Waals surface area contributed by atoms with Crippen LogP contribution < -0.4 is 5.46 Å². The van der Waals surface area contributed by atoms with Crippen LogP contribution in [0.25, 0.3) is 11.1 Å². The highest BCUT2D eigenvalue weighted by Gasteiger charge is 2.19. The van der Waals surface area contributed by atoms with Gasteiger partial charge in [-0.2, -0.15) is 0 Å². The van der Waals surface area contributed by atoms with Crippen molar-refractivity contribution in [3.63, 3.8) is 0 Å². The Labute approximate surface area is 109 Å². The number of hydrogen-bond donors (Lipinski definition) is 0. The van der Waals surface area contributed by atoms with Crippen molar-refractivity contribution in [1.82, 2.24) is 0 Å². The van der Waals surface area contributed by atoms with E-state index in [1.807, 2.05) is 0 Å². The van der Waals surface area contributed by atoms with Gasteiger partial charge in [-0.3, -0.25) is 0 Å². The second-order valence-corrected chi connectivity index (χ2v) is 4.90. The Kier molecular flexibility index (Phi) is 2.68. The monoisotopic (exact) mass is 230 g/mol. The van der Waals surface area contributed by atoms with Crippen molar-refractivity contribution < 1.29 is 0 Å². The minimum Gasteiger partial charge on any atom is -0.0918 e. The fourth-order valence-corrected chi connectivity index (χ4v) is 2.53. The first-order chi connectivity index (χ1) is 8.74. The highest BCUT2D eigenvalue weighted by atomic mass is 14.2. The summed E-state index contributed by atoms with van der Waals surface area (Å²) in [5, 5.41) is 0. The third kappa shape index (κ3) is 1.93. The molecular formula is C17H15B. The highest BCUT2D eigenvalue weighted by Crippen LogP contribution is 2.40. The van der Waals surface area contributed by atoms with Crippen molar-refractivity contribution >= 4 is 24.5 Å². The standard InChI is InChI=1S/C17H15B/c1-12-4-2-6-13-10-14(7-3-5-12)17-11-15(18)8-9-16(13)17/h2-9,11H,1,10,18H2/b4-2-,5-3-,13-6+,14-7+. The Balaban J connectivity index is 2.21. The van der Waals surface area contributed by atoms with Gasteiger partial charge >= 0.3 is 0 Å². The Morgan fingerprint density at radius 2 is 1.61 bits per heavy atom. The van der Waals surface area contributed by atoms with Gasteiger partial charge in [0.1, 0.15) is 7.85 Å². The van der Waals surface area contributed by atoms with Gasteiger partial charge in [0.05, 0.1) is 0 Å². The lowest BCUT2D eigenvalue weighted by Crippen LogP contribution is -2.02. The summed E-state index contributed by atoms with van der Waals surface area (Å²) in [6, 6.07) is 6.71. The van der Waals surface area contributed by atoms with Crippen LogP contribution in [-0.2, 0) is 0 Å². The summed E-state index contributed by atoms with van der Waals surface area (Å²) in [6.45, 7) is 3.99. The van der Waals surface area contributed by atoms with E-state index in [9.17, 15) is 0 Å². The average Bonchev–Trinajstić information content (AvgIpc) is 2.67. The first-order valence-corrected chi connectivity index (χ1v) is 6.29. The fourth-order valence-electron chi connectivity index (χ4n) is 2.53. The summed E-state index contributed by atoms with van der Waals surface area (Å²) < 4.78 is 0. The molecule has 2 bridgehead atoms. The van der Waals surface area contributed by atoms with Crippen molar-refractivity contribution in [2.24, 2.45) is 0 Å². The second kappa shape index (κ2) is 4.34. The molecule has 0 nitrogen and oxygen atoms in total. The van der Waals surface area contributed by atoms with Crippen molar-refractivity contribution in [3.05, 3.63) is 77.9 Å². The van der Waals surface area contributed by atoms with Gasteiger partial charge in [-0.1, -0.05) is 66.7 Å². The van der Waals surface area contributed by atoms with Crippen LogP contribution in [0.1, 0.15) is 17.5 Å². The van der Waals surface area contributed by atoms with E-state index in [0.717, 1.165) is 12.0 Å². The van der Waals surface area contributed by atoms with Crippen molar-refractivity contribution in [1.29, 1.82) is 0 Å².